The summed E-state index contributed by atoms with van der Waals surface area (Å²) in [6, 6.07) is 0. The zero-order valence-electron chi connectivity index (χ0n) is 13.5. The molecule has 0 amide bonds. The predicted molar refractivity (Wildman–Crippen MR) is 80.4 cm³/mol. The van der Waals surface area contributed by atoms with E-state index in [1.54, 1.807) is 0 Å². The molecule has 124 valence electrons. The maximum absolute atomic E-state index is 6.99. The van der Waals surface area contributed by atoms with Crippen molar-refractivity contribution in [2.24, 2.45) is 0 Å². The van der Waals surface area contributed by atoms with Crippen molar-refractivity contribution in [3.63, 3.8) is 0 Å². The average molecular weight is 308 g/mol. The van der Waals surface area contributed by atoms with Gasteiger partial charge in [-0.1, -0.05) is 25.7 Å². The number of fused-ring (bicyclic) bond motifs is 2. The van der Waals surface area contributed by atoms with E-state index < -0.39 is 11.6 Å². The van der Waals surface area contributed by atoms with Crippen molar-refractivity contribution < 1.29 is 18.9 Å². The predicted octanol–water partition coefficient (Wildman–Crippen LogP) is 3.67. The molecule has 5 rings (SSSR count). The van der Waals surface area contributed by atoms with Gasteiger partial charge in [-0.15, -0.1) is 0 Å². The highest BCUT2D eigenvalue weighted by molar-refractivity contribution is 5.14. The fourth-order valence-electron chi connectivity index (χ4n) is 5.94. The Balaban J connectivity index is 1.60. The van der Waals surface area contributed by atoms with Crippen molar-refractivity contribution in [3.8, 4) is 0 Å². The average Bonchev–Trinajstić information content (AvgIpc) is 3.25. The first-order chi connectivity index (χ1) is 10.7. The van der Waals surface area contributed by atoms with Crippen LogP contribution in [-0.2, 0) is 18.9 Å². The largest absolute Gasteiger partial charge is 0.347 e. The zero-order chi connectivity index (χ0) is 14.7. The van der Waals surface area contributed by atoms with Crippen LogP contribution in [0.3, 0.4) is 0 Å². The van der Waals surface area contributed by atoms with Crippen LogP contribution in [-0.4, -0.2) is 36.0 Å². The summed E-state index contributed by atoms with van der Waals surface area (Å²) in [7, 11) is 0. The van der Waals surface area contributed by atoms with Gasteiger partial charge in [0.25, 0.3) is 0 Å². The van der Waals surface area contributed by atoms with E-state index in [-0.39, 0.29) is 11.2 Å². The molecule has 22 heavy (non-hydrogen) atoms. The second-order valence-corrected chi connectivity index (χ2v) is 8.02. The summed E-state index contributed by atoms with van der Waals surface area (Å²) in [6.07, 6.45) is 13.3. The maximum Gasteiger partial charge on any atom is 0.198 e. The Labute approximate surface area is 132 Å². The number of rotatable bonds is 0. The molecule has 0 N–H and O–H groups in total. The van der Waals surface area contributed by atoms with Crippen LogP contribution in [0.1, 0.15) is 77.0 Å². The molecule has 5 fully saturated rings. The van der Waals surface area contributed by atoms with E-state index in [2.05, 4.69) is 0 Å². The van der Waals surface area contributed by atoms with E-state index >= 15 is 0 Å². The Kier molecular flexibility index (Phi) is 3.03. The van der Waals surface area contributed by atoms with Gasteiger partial charge in [-0.3, -0.25) is 0 Å². The van der Waals surface area contributed by atoms with Crippen LogP contribution in [0.5, 0.6) is 0 Å². The van der Waals surface area contributed by atoms with E-state index in [1.165, 1.54) is 25.7 Å². The second-order valence-electron chi connectivity index (χ2n) is 8.02. The maximum atomic E-state index is 6.99. The summed E-state index contributed by atoms with van der Waals surface area (Å²) < 4.78 is 26.6. The van der Waals surface area contributed by atoms with Gasteiger partial charge >= 0.3 is 0 Å². The third-order valence-electron chi connectivity index (χ3n) is 6.90. The first-order valence-corrected chi connectivity index (χ1v) is 9.42. The molecule has 2 aliphatic carbocycles. The van der Waals surface area contributed by atoms with Crippen LogP contribution < -0.4 is 0 Å². The van der Waals surface area contributed by atoms with Crippen LogP contribution in [0.4, 0.5) is 0 Å². The van der Waals surface area contributed by atoms with Crippen LogP contribution in [0.25, 0.3) is 0 Å². The molecule has 0 unspecified atom stereocenters. The Morgan fingerprint density at radius 2 is 0.864 bits per heavy atom. The van der Waals surface area contributed by atoms with Gasteiger partial charge in [0.2, 0.25) is 0 Å². The third-order valence-corrected chi connectivity index (χ3v) is 6.90. The third kappa shape index (κ3) is 1.62. The molecule has 4 nitrogen and oxygen atoms in total. The Morgan fingerprint density at radius 3 is 1.18 bits per heavy atom. The van der Waals surface area contributed by atoms with Crippen LogP contribution >= 0.6 is 0 Å². The molecule has 0 bridgehead atoms. The molecule has 5 aliphatic rings. The Bertz CT molecular complexity index is 354. The fraction of sp³-hybridized carbons (Fsp3) is 1.00. The van der Waals surface area contributed by atoms with Crippen molar-refractivity contribution in [1.82, 2.24) is 0 Å². The number of ether oxygens (including phenoxy) is 4. The molecule has 2 saturated carbocycles. The molecular weight excluding hydrogens is 280 g/mol. The van der Waals surface area contributed by atoms with E-state index in [4.69, 9.17) is 18.9 Å². The molecule has 3 heterocycles. The fourth-order valence-corrected chi connectivity index (χ4v) is 5.94. The van der Waals surface area contributed by atoms with Gasteiger partial charge in [-0.2, -0.15) is 0 Å². The van der Waals surface area contributed by atoms with E-state index in [0.29, 0.717) is 0 Å². The van der Waals surface area contributed by atoms with Crippen molar-refractivity contribution in [2.45, 2.75) is 99.8 Å². The lowest BCUT2D eigenvalue weighted by Crippen LogP contribution is -2.74. The minimum atomic E-state index is -0.495. The van der Waals surface area contributed by atoms with Gasteiger partial charge in [-0.25, -0.2) is 0 Å². The van der Waals surface area contributed by atoms with Gasteiger partial charge in [0.15, 0.2) is 11.6 Å². The van der Waals surface area contributed by atoms with E-state index in [9.17, 15) is 0 Å². The van der Waals surface area contributed by atoms with E-state index in [1.807, 2.05) is 0 Å². The summed E-state index contributed by atoms with van der Waals surface area (Å²) >= 11 is 0. The highest BCUT2D eigenvalue weighted by Gasteiger charge is 2.73. The molecular formula is C18H28O4. The van der Waals surface area contributed by atoms with Gasteiger partial charge in [0.1, 0.15) is 11.2 Å². The Hall–Kier alpha value is -0.160. The minimum Gasteiger partial charge on any atom is -0.347 e. The molecule has 0 radical (unpaired) electrons. The summed E-state index contributed by atoms with van der Waals surface area (Å²) in [5.74, 6) is -0.990. The van der Waals surface area contributed by atoms with E-state index in [0.717, 1.165) is 64.6 Å². The second kappa shape index (κ2) is 4.69. The first-order valence-electron chi connectivity index (χ1n) is 9.42. The number of hydrogen-bond acceptors (Lipinski definition) is 4. The molecule has 0 aromatic rings. The van der Waals surface area contributed by atoms with Gasteiger partial charge < -0.3 is 18.9 Å². The van der Waals surface area contributed by atoms with Gasteiger partial charge in [-0.05, 0) is 38.5 Å². The summed E-state index contributed by atoms with van der Waals surface area (Å²) in [4.78, 5) is 0. The van der Waals surface area contributed by atoms with Gasteiger partial charge in [0, 0.05) is 12.8 Å². The van der Waals surface area contributed by atoms with Crippen molar-refractivity contribution in [1.29, 1.82) is 0 Å². The molecule has 4 spiro atoms. The summed E-state index contributed by atoms with van der Waals surface area (Å²) in [5.41, 5.74) is -0.524. The lowest BCUT2D eigenvalue weighted by atomic mass is 9.79. The molecule has 4 heteroatoms. The smallest absolute Gasteiger partial charge is 0.198 e. The van der Waals surface area contributed by atoms with Gasteiger partial charge in [0.05, 0.1) is 13.2 Å². The van der Waals surface area contributed by atoms with Crippen LogP contribution in [0, 0.1) is 0 Å². The normalized spacial score (nSPS) is 45.8. The van der Waals surface area contributed by atoms with Crippen LogP contribution in [0.2, 0.25) is 0 Å². The highest BCUT2D eigenvalue weighted by Crippen LogP contribution is 2.63. The summed E-state index contributed by atoms with van der Waals surface area (Å²) in [6.45, 7) is 1.63. The molecule has 0 aromatic carbocycles. The lowest BCUT2D eigenvalue weighted by Gasteiger charge is -2.61. The molecule has 2 atom stereocenters. The minimum absolute atomic E-state index is 0.262. The molecule has 3 saturated heterocycles. The number of hydrogen-bond donors (Lipinski definition) is 0. The quantitative estimate of drug-likeness (QED) is 0.684. The SMILES string of the molecule is C1CCC2(C1)O[C@]1(CCCO1)C1(CCCC1)O[C@]21CCCO1. The Morgan fingerprint density at radius 1 is 0.455 bits per heavy atom. The molecule has 3 aliphatic heterocycles. The van der Waals surface area contributed by atoms with Crippen molar-refractivity contribution in [2.75, 3.05) is 13.2 Å². The first kappa shape index (κ1) is 14.2. The monoisotopic (exact) mass is 308 g/mol. The standard InChI is InChI=1S/C18H28O4/c1-2-8-15(7-1)17(11-5-13-19-17)22-16(9-3-4-10-16)18(21-15)12-6-14-20-18/h1-14H2/t17-,18-/m1/s1. The summed E-state index contributed by atoms with van der Waals surface area (Å²) in [5, 5.41) is 0. The zero-order valence-corrected chi connectivity index (χ0v) is 13.5. The van der Waals surface area contributed by atoms with Crippen molar-refractivity contribution >= 4 is 0 Å². The topological polar surface area (TPSA) is 36.9 Å². The van der Waals surface area contributed by atoms with Crippen molar-refractivity contribution in [3.05, 3.63) is 0 Å². The highest BCUT2D eigenvalue weighted by atomic mass is 16.8. The van der Waals surface area contributed by atoms with Crippen LogP contribution in [0.15, 0.2) is 0 Å². The lowest BCUT2D eigenvalue weighted by molar-refractivity contribution is -0.484. The molecule has 0 aromatic heterocycles.